The first-order valence-corrected chi connectivity index (χ1v) is 6.71. The fraction of sp³-hybridized carbons (Fsp3) is 0.308. The van der Waals surface area contributed by atoms with Gasteiger partial charge in [-0.25, -0.2) is 0 Å². The molecule has 0 radical (unpaired) electrons. The lowest BCUT2D eigenvalue weighted by atomic mass is 10.2. The Hall–Kier alpha value is -1.89. The molecule has 0 unspecified atom stereocenters. The summed E-state index contributed by atoms with van der Waals surface area (Å²) in [7, 11) is 3.00. The Morgan fingerprint density at radius 2 is 2.00 bits per heavy atom. The number of hydrogen-bond acceptors (Lipinski definition) is 3. The van der Waals surface area contributed by atoms with Crippen LogP contribution in [0, 0.1) is 0 Å². The molecule has 0 aliphatic rings. The lowest BCUT2D eigenvalue weighted by Crippen LogP contribution is -2.42. The van der Waals surface area contributed by atoms with Crippen LogP contribution in [0.25, 0.3) is 0 Å². The molecule has 0 fully saturated rings. The molecule has 0 aliphatic heterocycles. The molecule has 0 bridgehead atoms. The van der Waals surface area contributed by atoms with Crippen molar-refractivity contribution in [2.75, 3.05) is 27.2 Å². The van der Waals surface area contributed by atoms with Gasteiger partial charge in [-0.15, -0.1) is 0 Å². The van der Waals surface area contributed by atoms with Gasteiger partial charge in [-0.3, -0.25) is 14.4 Å². The molecule has 3 amide bonds. The van der Waals surface area contributed by atoms with Crippen LogP contribution in [0.5, 0.6) is 0 Å². The van der Waals surface area contributed by atoms with Crippen molar-refractivity contribution in [3.63, 3.8) is 0 Å². The molecule has 20 heavy (non-hydrogen) atoms. The molecule has 0 spiro atoms. The number of carbonyl (C=O) groups excluding carboxylic acids is 3. The van der Waals surface area contributed by atoms with Crippen molar-refractivity contribution in [1.29, 1.82) is 0 Å². The van der Waals surface area contributed by atoms with Crippen molar-refractivity contribution in [1.82, 2.24) is 15.5 Å². The molecule has 0 saturated carbocycles. The maximum absolute atomic E-state index is 11.8. The Kier molecular flexibility index (Phi) is 6.17. The zero-order chi connectivity index (χ0) is 15.1. The van der Waals surface area contributed by atoms with Crippen molar-refractivity contribution in [2.24, 2.45) is 0 Å². The second kappa shape index (κ2) is 7.64. The normalized spacial score (nSPS) is 9.75. The quantitative estimate of drug-likeness (QED) is 0.812. The Labute approximate surface area is 125 Å². The number of halogens is 1. The summed E-state index contributed by atoms with van der Waals surface area (Å²) in [5, 5.41) is 4.94. The van der Waals surface area contributed by atoms with Crippen LogP contribution in [0.2, 0.25) is 0 Å². The second-order valence-corrected chi connectivity index (χ2v) is 5.03. The Morgan fingerprint density at radius 3 is 2.60 bits per heavy atom. The van der Waals surface area contributed by atoms with Gasteiger partial charge in [0.2, 0.25) is 11.8 Å². The first-order chi connectivity index (χ1) is 9.43. The number of carbonyl (C=O) groups is 3. The Balaban J connectivity index is 2.48. The summed E-state index contributed by atoms with van der Waals surface area (Å²) in [6.07, 6.45) is 0. The summed E-state index contributed by atoms with van der Waals surface area (Å²) in [5.41, 5.74) is 0.459. The van der Waals surface area contributed by atoms with Crippen LogP contribution in [0.15, 0.2) is 28.7 Å². The van der Waals surface area contributed by atoms with Crippen molar-refractivity contribution in [3.8, 4) is 0 Å². The van der Waals surface area contributed by atoms with Crippen molar-refractivity contribution in [2.45, 2.75) is 0 Å². The Morgan fingerprint density at radius 1 is 1.30 bits per heavy atom. The molecular formula is C13H16BrN3O3. The smallest absolute Gasteiger partial charge is 0.251 e. The first-order valence-electron chi connectivity index (χ1n) is 5.92. The van der Waals surface area contributed by atoms with Gasteiger partial charge in [0.25, 0.3) is 5.91 Å². The van der Waals surface area contributed by atoms with E-state index in [2.05, 4.69) is 26.6 Å². The van der Waals surface area contributed by atoms with Gasteiger partial charge in [-0.1, -0.05) is 22.0 Å². The van der Waals surface area contributed by atoms with Gasteiger partial charge in [0, 0.05) is 24.1 Å². The van der Waals surface area contributed by atoms with Gasteiger partial charge in [0.1, 0.15) is 0 Å². The molecule has 6 nitrogen and oxygen atoms in total. The van der Waals surface area contributed by atoms with Crippen LogP contribution < -0.4 is 10.6 Å². The first kappa shape index (κ1) is 16.2. The fourth-order valence-corrected chi connectivity index (χ4v) is 1.80. The van der Waals surface area contributed by atoms with E-state index < -0.39 is 0 Å². The van der Waals surface area contributed by atoms with Crippen molar-refractivity contribution in [3.05, 3.63) is 34.3 Å². The predicted octanol–water partition coefficient (Wildman–Crippen LogP) is 0.383. The molecule has 0 aliphatic carbocycles. The minimum absolute atomic E-state index is 0.0396. The van der Waals surface area contributed by atoms with Crippen LogP contribution >= 0.6 is 15.9 Å². The third-order valence-electron chi connectivity index (χ3n) is 2.57. The zero-order valence-electron chi connectivity index (χ0n) is 11.3. The molecule has 0 heterocycles. The number of amides is 3. The number of nitrogens with zero attached hydrogens (tertiary/aromatic N) is 1. The van der Waals surface area contributed by atoms with E-state index in [1.807, 2.05) is 0 Å². The van der Waals surface area contributed by atoms with Crippen LogP contribution in [-0.2, 0) is 9.59 Å². The summed E-state index contributed by atoms with van der Waals surface area (Å²) in [6, 6.07) is 6.85. The number of nitrogens with one attached hydrogen (secondary N) is 2. The highest BCUT2D eigenvalue weighted by atomic mass is 79.9. The van der Waals surface area contributed by atoms with E-state index in [9.17, 15) is 14.4 Å². The maximum Gasteiger partial charge on any atom is 0.251 e. The van der Waals surface area contributed by atoms with E-state index >= 15 is 0 Å². The lowest BCUT2D eigenvalue weighted by molar-refractivity contribution is -0.133. The lowest BCUT2D eigenvalue weighted by Gasteiger charge is -2.16. The summed E-state index contributed by atoms with van der Waals surface area (Å²) in [4.78, 5) is 35.9. The van der Waals surface area contributed by atoms with Gasteiger partial charge < -0.3 is 15.5 Å². The van der Waals surface area contributed by atoms with Gasteiger partial charge in [0.05, 0.1) is 13.1 Å². The third-order valence-corrected chi connectivity index (χ3v) is 3.07. The largest absolute Gasteiger partial charge is 0.358 e. The summed E-state index contributed by atoms with van der Waals surface area (Å²) >= 11 is 3.27. The van der Waals surface area contributed by atoms with E-state index in [1.165, 1.54) is 19.0 Å². The minimum Gasteiger partial charge on any atom is -0.358 e. The molecule has 108 valence electrons. The van der Waals surface area contributed by atoms with Crippen molar-refractivity contribution >= 4 is 33.7 Å². The van der Waals surface area contributed by atoms with Crippen LogP contribution in [0.3, 0.4) is 0 Å². The van der Waals surface area contributed by atoms with Crippen molar-refractivity contribution < 1.29 is 14.4 Å². The van der Waals surface area contributed by atoms with E-state index in [1.54, 1.807) is 24.3 Å². The molecule has 0 atom stereocenters. The van der Waals surface area contributed by atoms with Gasteiger partial charge in [-0.2, -0.15) is 0 Å². The molecule has 1 aromatic carbocycles. The minimum atomic E-state index is -0.340. The molecular weight excluding hydrogens is 326 g/mol. The van der Waals surface area contributed by atoms with Gasteiger partial charge in [0.15, 0.2) is 0 Å². The SMILES string of the molecule is CNC(=O)CN(C)C(=O)CNC(=O)c1cccc(Br)c1. The van der Waals surface area contributed by atoms with Gasteiger partial charge >= 0.3 is 0 Å². The average Bonchev–Trinajstić information content (AvgIpc) is 2.43. The summed E-state index contributed by atoms with van der Waals surface area (Å²) < 4.78 is 0.785. The van der Waals surface area contributed by atoms with Crippen LogP contribution in [0.1, 0.15) is 10.4 Å². The fourth-order valence-electron chi connectivity index (χ4n) is 1.41. The highest BCUT2D eigenvalue weighted by Crippen LogP contribution is 2.11. The number of benzene rings is 1. The highest BCUT2D eigenvalue weighted by Gasteiger charge is 2.13. The monoisotopic (exact) mass is 341 g/mol. The van der Waals surface area contributed by atoms with E-state index in [0.717, 1.165) is 4.47 Å². The molecule has 1 aromatic rings. The molecule has 0 saturated heterocycles. The van der Waals surface area contributed by atoms with E-state index in [0.29, 0.717) is 5.56 Å². The number of rotatable bonds is 5. The zero-order valence-corrected chi connectivity index (χ0v) is 12.9. The average molecular weight is 342 g/mol. The summed E-state index contributed by atoms with van der Waals surface area (Å²) in [6.45, 7) is -0.194. The van der Waals surface area contributed by atoms with Crippen LogP contribution in [0.4, 0.5) is 0 Å². The summed E-state index contributed by atoms with van der Waals surface area (Å²) in [5.74, 6) is -0.941. The predicted molar refractivity (Wildman–Crippen MR) is 78.2 cm³/mol. The number of likely N-dealkylation sites (N-methyl/N-ethyl adjacent to an activating group) is 2. The van der Waals surface area contributed by atoms with E-state index in [-0.39, 0.29) is 30.8 Å². The van der Waals surface area contributed by atoms with Crippen LogP contribution in [-0.4, -0.2) is 49.8 Å². The molecule has 7 heteroatoms. The maximum atomic E-state index is 11.8. The Bertz CT molecular complexity index is 519. The van der Waals surface area contributed by atoms with E-state index in [4.69, 9.17) is 0 Å². The standard InChI is InChI=1S/C13H16BrN3O3/c1-15-11(18)8-17(2)12(19)7-16-13(20)9-4-3-5-10(14)6-9/h3-6H,7-8H2,1-2H3,(H,15,18)(H,16,20). The molecule has 1 rings (SSSR count). The molecule has 2 N–H and O–H groups in total. The topological polar surface area (TPSA) is 78.5 Å². The number of hydrogen-bond donors (Lipinski definition) is 2. The van der Waals surface area contributed by atoms with Gasteiger partial charge in [-0.05, 0) is 18.2 Å². The third kappa shape index (κ3) is 5.00. The highest BCUT2D eigenvalue weighted by molar-refractivity contribution is 9.10. The molecule has 0 aromatic heterocycles. The second-order valence-electron chi connectivity index (χ2n) is 4.12.